The molecule has 1 heterocycles. The van der Waals surface area contributed by atoms with E-state index in [2.05, 4.69) is 5.32 Å². The second-order valence-electron chi connectivity index (χ2n) is 2.74. The van der Waals surface area contributed by atoms with Crippen LogP contribution in [0.15, 0.2) is 0 Å². The number of nitrogens with one attached hydrogen (secondary N) is 1. The molecule has 56 valence electrons. The number of aldehydes is 1. The lowest BCUT2D eigenvalue weighted by Gasteiger charge is -1.97. The number of hydrogen-bond acceptors (Lipinski definition) is 2. The minimum absolute atomic E-state index is 0.0274. The normalized spacial score (nSPS) is 31.9. The van der Waals surface area contributed by atoms with Crippen LogP contribution in [0, 0.1) is 5.92 Å². The van der Waals surface area contributed by atoms with Crippen LogP contribution in [0.5, 0.6) is 0 Å². The molecule has 0 aromatic heterocycles. The third-order valence-corrected chi connectivity index (χ3v) is 1.78. The van der Waals surface area contributed by atoms with Gasteiger partial charge in [0.25, 0.3) is 0 Å². The van der Waals surface area contributed by atoms with Crippen molar-refractivity contribution in [3.8, 4) is 0 Å². The topological polar surface area (TPSA) is 46.2 Å². The Morgan fingerprint density at radius 2 is 2.50 bits per heavy atom. The first kappa shape index (κ1) is 7.25. The van der Waals surface area contributed by atoms with Crippen LogP contribution in [-0.4, -0.2) is 18.2 Å². The molecule has 0 aliphatic carbocycles. The van der Waals surface area contributed by atoms with Crippen LogP contribution in [0.3, 0.4) is 0 Å². The third-order valence-electron chi connectivity index (χ3n) is 1.78. The van der Waals surface area contributed by atoms with Gasteiger partial charge in [-0.15, -0.1) is 0 Å². The van der Waals surface area contributed by atoms with Crippen molar-refractivity contribution in [2.45, 2.75) is 25.8 Å². The molecule has 0 aromatic rings. The lowest BCUT2D eigenvalue weighted by atomic mass is 10.0. The van der Waals surface area contributed by atoms with Crippen molar-refractivity contribution in [3.05, 3.63) is 0 Å². The van der Waals surface area contributed by atoms with Gasteiger partial charge >= 0.3 is 0 Å². The Labute approximate surface area is 59.8 Å². The molecule has 3 heteroatoms. The lowest BCUT2D eigenvalue weighted by Crippen LogP contribution is -2.23. The van der Waals surface area contributed by atoms with Gasteiger partial charge in [0, 0.05) is 18.4 Å². The zero-order valence-electron chi connectivity index (χ0n) is 5.96. The Morgan fingerprint density at radius 3 is 2.90 bits per heavy atom. The molecule has 0 aromatic carbocycles. The quantitative estimate of drug-likeness (QED) is 0.554. The van der Waals surface area contributed by atoms with Crippen molar-refractivity contribution in [3.63, 3.8) is 0 Å². The summed E-state index contributed by atoms with van der Waals surface area (Å²) in [6, 6.07) is 0.248. The van der Waals surface area contributed by atoms with E-state index in [0.717, 1.165) is 12.7 Å². The van der Waals surface area contributed by atoms with Crippen molar-refractivity contribution in [1.29, 1.82) is 0 Å². The minimum Gasteiger partial charge on any atom is -0.353 e. The van der Waals surface area contributed by atoms with Crippen molar-refractivity contribution in [2.24, 2.45) is 5.92 Å². The summed E-state index contributed by atoms with van der Waals surface area (Å²) in [5.41, 5.74) is 0. The van der Waals surface area contributed by atoms with Crippen LogP contribution in [0.2, 0.25) is 0 Å². The van der Waals surface area contributed by atoms with Gasteiger partial charge in [0.2, 0.25) is 5.91 Å². The van der Waals surface area contributed by atoms with Crippen LogP contribution in [0.4, 0.5) is 0 Å². The lowest BCUT2D eigenvalue weighted by molar-refractivity contribution is -0.124. The minimum atomic E-state index is -0.0625. The van der Waals surface area contributed by atoms with Crippen LogP contribution in [0.1, 0.15) is 19.8 Å². The molecule has 1 saturated heterocycles. The summed E-state index contributed by atoms with van der Waals surface area (Å²) < 4.78 is 0. The monoisotopic (exact) mass is 141 g/mol. The maximum absolute atomic E-state index is 10.9. The Hall–Kier alpha value is -0.860. The number of rotatable bonds is 2. The first-order valence-corrected chi connectivity index (χ1v) is 3.48. The summed E-state index contributed by atoms with van der Waals surface area (Å²) in [7, 11) is 0. The molecule has 1 aliphatic heterocycles. The van der Waals surface area contributed by atoms with E-state index in [1.54, 1.807) is 0 Å². The van der Waals surface area contributed by atoms with Crippen molar-refractivity contribution in [1.82, 2.24) is 5.32 Å². The van der Waals surface area contributed by atoms with Gasteiger partial charge in [-0.25, -0.2) is 0 Å². The predicted molar refractivity (Wildman–Crippen MR) is 36.4 cm³/mol. The smallest absolute Gasteiger partial charge is 0.223 e. The van der Waals surface area contributed by atoms with Crippen LogP contribution in [-0.2, 0) is 9.59 Å². The Morgan fingerprint density at radius 1 is 1.80 bits per heavy atom. The summed E-state index contributed by atoms with van der Waals surface area (Å²) in [6.07, 6.45) is 1.98. The number of carbonyl (C=O) groups is 2. The van der Waals surface area contributed by atoms with Crippen molar-refractivity contribution >= 4 is 12.2 Å². The van der Waals surface area contributed by atoms with Gasteiger partial charge in [-0.05, 0) is 13.3 Å². The van der Waals surface area contributed by atoms with Gasteiger partial charge in [0.05, 0.1) is 0 Å². The first-order valence-electron chi connectivity index (χ1n) is 3.48. The average molecular weight is 141 g/mol. The highest BCUT2D eigenvalue weighted by atomic mass is 16.2. The van der Waals surface area contributed by atoms with E-state index in [1.807, 2.05) is 6.92 Å². The molecule has 1 aliphatic rings. The second kappa shape index (κ2) is 2.82. The van der Waals surface area contributed by atoms with Crippen LogP contribution >= 0.6 is 0 Å². The Balaban J connectivity index is 2.46. The van der Waals surface area contributed by atoms with E-state index in [1.165, 1.54) is 0 Å². The highest BCUT2D eigenvalue weighted by molar-refractivity contribution is 5.83. The standard InChI is InChI=1S/C7H11NO2/c1-5-4-6(2-3-9)7(10)8-5/h3,5-6H,2,4H2,1H3,(H,8,10)/t5-,6?/m1/s1. The van der Waals surface area contributed by atoms with Gasteiger partial charge < -0.3 is 10.1 Å². The summed E-state index contributed by atoms with van der Waals surface area (Å²) in [5, 5.41) is 2.75. The largest absolute Gasteiger partial charge is 0.353 e. The third kappa shape index (κ3) is 1.35. The van der Waals surface area contributed by atoms with Gasteiger partial charge in [-0.1, -0.05) is 0 Å². The van der Waals surface area contributed by atoms with E-state index >= 15 is 0 Å². The molecular weight excluding hydrogens is 130 g/mol. The molecule has 0 spiro atoms. The predicted octanol–water partition coefficient (Wildman–Crippen LogP) is 0.1000. The summed E-state index contributed by atoms with van der Waals surface area (Å²) >= 11 is 0. The molecule has 0 bridgehead atoms. The summed E-state index contributed by atoms with van der Waals surface area (Å²) in [4.78, 5) is 20.9. The molecule has 1 N–H and O–H groups in total. The Kier molecular flexibility index (Phi) is 2.04. The highest BCUT2D eigenvalue weighted by Gasteiger charge is 2.28. The Bertz CT molecular complexity index is 156. The molecule has 3 nitrogen and oxygen atoms in total. The molecule has 10 heavy (non-hydrogen) atoms. The van der Waals surface area contributed by atoms with Gasteiger partial charge in [-0.3, -0.25) is 4.79 Å². The van der Waals surface area contributed by atoms with E-state index in [0.29, 0.717) is 6.42 Å². The van der Waals surface area contributed by atoms with Crippen LogP contribution < -0.4 is 5.32 Å². The summed E-state index contributed by atoms with van der Waals surface area (Å²) in [6.45, 7) is 1.95. The summed E-state index contributed by atoms with van der Waals surface area (Å²) in [5.74, 6) is -0.0351. The molecular formula is C7H11NO2. The fourth-order valence-corrected chi connectivity index (χ4v) is 1.27. The maximum atomic E-state index is 10.9. The number of hydrogen-bond donors (Lipinski definition) is 1. The molecule has 2 atom stereocenters. The van der Waals surface area contributed by atoms with Gasteiger partial charge in [0.1, 0.15) is 6.29 Å². The average Bonchev–Trinajstić information content (AvgIpc) is 2.13. The molecule has 0 saturated carbocycles. The zero-order valence-corrected chi connectivity index (χ0v) is 5.96. The van der Waals surface area contributed by atoms with E-state index in [-0.39, 0.29) is 17.9 Å². The molecule has 1 unspecified atom stereocenters. The second-order valence-corrected chi connectivity index (χ2v) is 2.74. The molecule has 1 fully saturated rings. The first-order chi connectivity index (χ1) is 4.74. The molecule has 1 amide bonds. The molecule has 1 rings (SSSR count). The highest BCUT2D eigenvalue weighted by Crippen LogP contribution is 2.16. The fourth-order valence-electron chi connectivity index (χ4n) is 1.27. The van der Waals surface area contributed by atoms with Crippen LogP contribution in [0.25, 0.3) is 0 Å². The fraction of sp³-hybridized carbons (Fsp3) is 0.714. The molecule has 0 radical (unpaired) electrons. The van der Waals surface area contributed by atoms with E-state index in [9.17, 15) is 9.59 Å². The van der Waals surface area contributed by atoms with E-state index < -0.39 is 0 Å². The zero-order chi connectivity index (χ0) is 7.56. The van der Waals surface area contributed by atoms with Gasteiger partial charge in [0.15, 0.2) is 0 Å². The SMILES string of the molecule is C[C@@H]1CC(CC=O)C(=O)N1. The maximum Gasteiger partial charge on any atom is 0.223 e. The number of carbonyl (C=O) groups excluding carboxylic acids is 2. The van der Waals surface area contributed by atoms with E-state index in [4.69, 9.17) is 0 Å². The number of amides is 1. The van der Waals surface area contributed by atoms with Crippen molar-refractivity contribution < 1.29 is 9.59 Å². The van der Waals surface area contributed by atoms with Gasteiger partial charge in [-0.2, -0.15) is 0 Å². The van der Waals surface area contributed by atoms with Crippen molar-refractivity contribution in [2.75, 3.05) is 0 Å².